The Morgan fingerprint density at radius 1 is 1.44 bits per heavy atom. The van der Waals surface area contributed by atoms with Crippen molar-refractivity contribution in [2.24, 2.45) is 5.73 Å². The summed E-state index contributed by atoms with van der Waals surface area (Å²) in [6, 6.07) is 6.10. The van der Waals surface area contributed by atoms with E-state index < -0.39 is 0 Å². The standard InChI is InChI=1S/C13H20BrNO/c1-3-4-10(2)16-12-5-6-13(14)11(9-12)7-8-15/h5-6,9-10H,3-4,7-8,15H2,1-2H3. The second-order valence-electron chi connectivity index (χ2n) is 4.01. The summed E-state index contributed by atoms with van der Waals surface area (Å²) >= 11 is 3.52. The zero-order valence-corrected chi connectivity index (χ0v) is 11.6. The van der Waals surface area contributed by atoms with Crippen LogP contribution in [-0.4, -0.2) is 12.6 Å². The van der Waals surface area contributed by atoms with Crippen molar-refractivity contribution in [3.05, 3.63) is 28.2 Å². The molecule has 0 amide bonds. The minimum absolute atomic E-state index is 0.275. The largest absolute Gasteiger partial charge is 0.491 e. The molecule has 0 spiro atoms. The molecule has 1 rings (SSSR count). The molecule has 0 fully saturated rings. The zero-order chi connectivity index (χ0) is 12.0. The summed E-state index contributed by atoms with van der Waals surface area (Å²) in [6.07, 6.45) is 3.38. The Bertz CT molecular complexity index is 328. The number of halogens is 1. The quantitative estimate of drug-likeness (QED) is 0.868. The molecule has 0 aliphatic carbocycles. The number of hydrogen-bond acceptors (Lipinski definition) is 2. The SMILES string of the molecule is CCCC(C)Oc1ccc(Br)c(CCN)c1. The van der Waals surface area contributed by atoms with Crippen molar-refractivity contribution < 1.29 is 4.74 Å². The van der Waals surface area contributed by atoms with E-state index in [1.54, 1.807) is 0 Å². The van der Waals surface area contributed by atoms with Crippen molar-refractivity contribution in [3.8, 4) is 5.75 Å². The minimum Gasteiger partial charge on any atom is -0.491 e. The van der Waals surface area contributed by atoms with Gasteiger partial charge in [-0.3, -0.25) is 0 Å². The van der Waals surface area contributed by atoms with E-state index >= 15 is 0 Å². The highest BCUT2D eigenvalue weighted by atomic mass is 79.9. The minimum atomic E-state index is 0.275. The molecule has 1 aromatic carbocycles. The van der Waals surface area contributed by atoms with Crippen molar-refractivity contribution in [3.63, 3.8) is 0 Å². The van der Waals surface area contributed by atoms with E-state index in [9.17, 15) is 0 Å². The van der Waals surface area contributed by atoms with Crippen LogP contribution in [0.15, 0.2) is 22.7 Å². The van der Waals surface area contributed by atoms with Gasteiger partial charge in [0.2, 0.25) is 0 Å². The third-order valence-corrected chi connectivity index (χ3v) is 3.24. The highest BCUT2D eigenvalue weighted by Crippen LogP contribution is 2.24. The predicted octanol–water partition coefficient (Wildman–Crippen LogP) is 3.52. The predicted molar refractivity (Wildman–Crippen MR) is 71.9 cm³/mol. The number of nitrogens with two attached hydrogens (primary N) is 1. The van der Waals surface area contributed by atoms with Gasteiger partial charge in [0, 0.05) is 4.47 Å². The maximum Gasteiger partial charge on any atom is 0.120 e. The van der Waals surface area contributed by atoms with Gasteiger partial charge in [0.25, 0.3) is 0 Å². The molecule has 2 nitrogen and oxygen atoms in total. The maximum atomic E-state index is 5.84. The lowest BCUT2D eigenvalue weighted by Gasteiger charge is -2.15. The summed E-state index contributed by atoms with van der Waals surface area (Å²) in [7, 11) is 0. The fraction of sp³-hybridized carbons (Fsp3) is 0.538. The highest BCUT2D eigenvalue weighted by Gasteiger charge is 2.05. The van der Waals surface area contributed by atoms with Crippen molar-refractivity contribution in [2.45, 2.75) is 39.2 Å². The molecule has 0 aliphatic heterocycles. The van der Waals surface area contributed by atoms with Crippen molar-refractivity contribution in [1.29, 1.82) is 0 Å². The molecule has 1 atom stereocenters. The van der Waals surface area contributed by atoms with Crippen LogP contribution in [0.4, 0.5) is 0 Å². The van der Waals surface area contributed by atoms with E-state index in [4.69, 9.17) is 10.5 Å². The zero-order valence-electron chi connectivity index (χ0n) is 10.0. The highest BCUT2D eigenvalue weighted by molar-refractivity contribution is 9.10. The van der Waals surface area contributed by atoms with Crippen LogP contribution in [0.5, 0.6) is 5.75 Å². The Kier molecular flexibility index (Phi) is 5.85. The molecule has 0 aromatic heterocycles. The van der Waals surface area contributed by atoms with Crippen LogP contribution in [0.25, 0.3) is 0 Å². The van der Waals surface area contributed by atoms with E-state index in [0.717, 1.165) is 29.5 Å². The number of rotatable bonds is 6. The lowest BCUT2D eigenvalue weighted by atomic mass is 10.1. The molecule has 0 bridgehead atoms. The molecule has 0 aliphatic rings. The molecule has 1 aromatic rings. The molecule has 0 radical (unpaired) electrons. The first-order valence-electron chi connectivity index (χ1n) is 5.82. The smallest absolute Gasteiger partial charge is 0.120 e. The van der Waals surface area contributed by atoms with Gasteiger partial charge in [-0.15, -0.1) is 0 Å². The van der Waals surface area contributed by atoms with Crippen molar-refractivity contribution in [1.82, 2.24) is 0 Å². The monoisotopic (exact) mass is 285 g/mol. The van der Waals surface area contributed by atoms with E-state index in [0.29, 0.717) is 6.54 Å². The lowest BCUT2D eigenvalue weighted by Crippen LogP contribution is -2.11. The molecular weight excluding hydrogens is 266 g/mol. The third-order valence-electron chi connectivity index (χ3n) is 2.46. The second kappa shape index (κ2) is 6.92. The van der Waals surface area contributed by atoms with E-state index in [-0.39, 0.29) is 6.10 Å². The van der Waals surface area contributed by atoms with Crippen LogP contribution in [0.3, 0.4) is 0 Å². The average Bonchev–Trinajstić information content (AvgIpc) is 2.24. The first-order valence-corrected chi connectivity index (χ1v) is 6.61. The first-order chi connectivity index (χ1) is 7.67. The van der Waals surface area contributed by atoms with Crippen LogP contribution < -0.4 is 10.5 Å². The van der Waals surface area contributed by atoms with Crippen LogP contribution >= 0.6 is 15.9 Å². The van der Waals surface area contributed by atoms with Gasteiger partial charge in [-0.05, 0) is 50.1 Å². The molecule has 16 heavy (non-hydrogen) atoms. The molecule has 0 saturated heterocycles. The fourth-order valence-electron chi connectivity index (χ4n) is 1.67. The topological polar surface area (TPSA) is 35.2 Å². The van der Waals surface area contributed by atoms with Gasteiger partial charge in [0.05, 0.1) is 6.10 Å². The number of ether oxygens (including phenoxy) is 1. The van der Waals surface area contributed by atoms with Gasteiger partial charge in [-0.1, -0.05) is 29.3 Å². The van der Waals surface area contributed by atoms with Crippen molar-refractivity contribution >= 4 is 15.9 Å². The van der Waals surface area contributed by atoms with E-state index in [1.165, 1.54) is 5.56 Å². The lowest BCUT2D eigenvalue weighted by molar-refractivity contribution is 0.210. The first kappa shape index (κ1) is 13.5. The summed E-state index contributed by atoms with van der Waals surface area (Å²) in [5.74, 6) is 0.938. The number of hydrogen-bond donors (Lipinski definition) is 1. The second-order valence-corrected chi connectivity index (χ2v) is 4.86. The average molecular weight is 286 g/mol. The number of benzene rings is 1. The van der Waals surface area contributed by atoms with Gasteiger partial charge < -0.3 is 10.5 Å². The van der Waals surface area contributed by atoms with Crippen LogP contribution in [0.1, 0.15) is 32.3 Å². The molecule has 0 saturated carbocycles. The Hall–Kier alpha value is -0.540. The van der Waals surface area contributed by atoms with Crippen LogP contribution in [-0.2, 0) is 6.42 Å². The summed E-state index contributed by atoms with van der Waals surface area (Å²) in [5.41, 5.74) is 6.78. The van der Waals surface area contributed by atoms with E-state index in [1.807, 2.05) is 12.1 Å². The molecule has 3 heteroatoms. The fourth-order valence-corrected chi connectivity index (χ4v) is 2.11. The summed E-state index contributed by atoms with van der Waals surface area (Å²) in [6.45, 7) is 4.93. The Morgan fingerprint density at radius 2 is 2.19 bits per heavy atom. The van der Waals surface area contributed by atoms with Gasteiger partial charge in [-0.25, -0.2) is 0 Å². The van der Waals surface area contributed by atoms with Crippen LogP contribution in [0, 0.1) is 0 Å². The van der Waals surface area contributed by atoms with Gasteiger partial charge in [0.1, 0.15) is 5.75 Å². The molecule has 0 heterocycles. The van der Waals surface area contributed by atoms with Gasteiger partial charge in [0.15, 0.2) is 0 Å². The van der Waals surface area contributed by atoms with E-state index in [2.05, 4.69) is 35.8 Å². The molecule has 90 valence electrons. The Labute approximate surface area is 106 Å². The summed E-state index contributed by atoms with van der Waals surface area (Å²) in [5, 5.41) is 0. The summed E-state index contributed by atoms with van der Waals surface area (Å²) in [4.78, 5) is 0. The van der Waals surface area contributed by atoms with Crippen molar-refractivity contribution in [2.75, 3.05) is 6.54 Å². The van der Waals surface area contributed by atoms with Gasteiger partial charge >= 0.3 is 0 Å². The summed E-state index contributed by atoms with van der Waals surface area (Å²) < 4.78 is 6.94. The maximum absolute atomic E-state index is 5.84. The molecular formula is C13H20BrNO. The normalized spacial score (nSPS) is 12.5. The third kappa shape index (κ3) is 4.14. The Balaban J connectivity index is 2.70. The van der Waals surface area contributed by atoms with Gasteiger partial charge in [-0.2, -0.15) is 0 Å². The van der Waals surface area contributed by atoms with Crippen LogP contribution in [0.2, 0.25) is 0 Å². The Morgan fingerprint density at radius 3 is 2.81 bits per heavy atom. The molecule has 2 N–H and O–H groups in total. The molecule has 1 unspecified atom stereocenters.